The van der Waals surface area contributed by atoms with Crippen molar-refractivity contribution in [2.24, 2.45) is 0 Å². The van der Waals surface area contributed by atoms with Crippen LogP contribution in [-0.2, 0) is 36.8 Å². The van der Waals surface area contributed by atoms with Gasteiger partial charge in [-0.1, -0.05) is 12.1 Å². The fourth-order valence-corrected chi connectivity index (χ4v) is 4.18. The van der Waals surface area contributed by atoms with Crippen molar-refractivity contribution in [1.29, 1.82) is 0 Å². The number of rotatable bonds is 19. The minimum atomic E-state index is -0.519. The van der Waals surface area contributed by atoms with Crippen LogP contribution >= 0.6 is 0 Å². The second-order valence-electron chi connectivity index (χ2n) is 11.0. The molecule has 2 heterocycles. The zero-order chi connectivity index (χ0) is 30.9. The second-order valence-corrected chi connectivity index (χ2v) is 11.0. The lowest BCUT2D eigenvalue weighted by Gasteiger charge is -2.19. The van der Waals surface area contributed by atoms with Crippen molar-refractivity contribution < 1.29 is 28.5 Å². The molecule has 0 aliphatic heterocycles. The molecule has 43 heavy (non-hydrogen) atoms. The Morgan fingerprint density at radius 2 is 1.65 bits per heavy atom. The van der Waals surface area contributed by atoms with Gasteiger partial charge in [-0.3, -0.25) is 4.79 Å². The molecule has 0 saturated carbocycles. The first-order valence-corrected chi connectivity index (χ1v) is 14.7. The number of benzene rings is 1. The first-order valence-electron chi connectivity index (χ1n) is 14.7. The number of aromatic nitrogens is 3. The quantitative estimate of drug-likeness (QED) is 0.156. The van der Waals surface area contributed by atoms with Crippen LogP contribution in [0.3, 0.4) is 0 Å². The molecule has 3 aromatic rings. The van der Waals surface area contributed by atoms with Gasteiger partial charge in [-0.25, -0.2) is 14.6 Å². The highest BCUT2D eigenvalue weighted by molar-refractivity contribution is 5.83. The van der Waals surface area contributed by atoms with Gasteiger partial charge < -0.3 is 38.7 Å². The zero-order valence-corrected chi connectivity index (χ0v) is 25.5. The maximum atomic E-state index is 12.1. The van der Waals surface area contributed by atoms with E-state index in [4.69, 9.17) is 25.5 Å². The molecule has 234 valence electrons. The average Bonchev–Trinajstić information content (AvgIpc) is 3.59. The van der Waals surface area contributed by atoms with Crippen LogP contribution in [0.15, 0.2) is 43.0 Å². The first-order chi connectivity index (χ1) is 20.7. The molecule has 2 amide bonds. The number of nitrogens with zero attached hydrogens (tertiary/aromatic N) is 4. The Morgan fingerprint density at radius 3 is 2.35 bits per heavy atom. The van der Waals surface area contributed by atoms with E-state index in [9.17, 15) is 9.59 Å². The number of amides is 2. The number of hydrogen-bond donors (Lipinski definition) is 2. The molecule has 2 N–H and O–H groups in total. The van der Waals surface area contributed by atoms with Crippen molar-refractivity contribution >= 4 is 28.6 Å². The number of fused-ring (bicyclic) bond motifs is 1. The molecule has 12 nitrogen and oxygen atoms in total. The molecule has 3 rings (SSSR count). The van der Waals surface area contributed by atoms with Crippen molar-refractivity contribution in [3.63, 3.8) is 0 Å². The van der Waals surface area contributed by atoms with Gasteiger partial charge in [0.25, 0.3) is 0 Å². The molecule has 0 atom stereocenters. The summed E-state index contributed by atoms with van der Waals surface area (Å²) in [4.78, 5) is 31.6. The third-order valence-corrected chi connectivity index (χ3v) is 6.20. The average molecular weight is 597 g/mol. The van der Waals surface area contributed by atoms with E-state index in [0.717, 1.165) is 36.0 Å². The number of aryl methyl sites for hydroxylation is 1. The molecular formula is C31H44N6O6. The number of alkyl carbamates (subject to hydrolysis) is 1. The van der Waals surface area contributed by atoms with Crippen molar-refractivity contribution in [3.05, 3.63) is 60.1 Å². The minimum Gasteiger partial charge on any atom is -0.444 e. The van der Waals surface area contributed by atoms with Crippen molar-refractivity contribution in [1.82, 2.24) is 24.8 Å². The molecule has 0 radical (unpaired) electrons. The Balaban J connectivity index is 1.13. The molecule has 0 saturated heterocycles. The topological polar surface area (TPSA) is 122 Å². The molecule has 12 heteroatoms. The molecule has 0 aliphatic carbocycles. The zero-order valence-electron chi connectivity index (χ0n) is 25.5. The van der Waals surface area contributed by atoms with E-state index >= 15 is 0 Å². The van der Waals surface area contributed by atoms with Crippen molar-refractivity contribution in [3.8, 4) is 0 Å². The Labute approximate surface area is 253 Å². The predicted molar refractivity (Wildman–Crippen MR) is 163 cm³/mol. The van der Waals surface area contributed by atoms with Gasteiger partial charge in [-0.05, 0) is 51.1 Å². The van der Waals surface area contributed by atoms with Gasteiger partial charge in [0, 0.05) is 44.0 Å². The van der Waals surface area contributed by atoms with Crippen LogP contribution in [0.4, 0.5) is 10.5 Å². The molecule has 2 aromatic heterocycles. The lowest BCUT2D eigenvalue weighted by molar-refractivity contribution is -0.121. The molecule has 0 aliphatic rings. The summed E-state index contributed by atoms with van der Waals surface area (Å²) in [6, 6.07) is 7.75. The summed E-state index contributed by atoms with van der Waals surface area (Å²) in [5.74, 6) is 0.0164. The van der Waals surface area contributed by atoms with E-state index in [0.29, 0.717) is 71.4 Å². The first kappa shape index (κ1) is 33.6. The van der Waals surface area contributed by atoms with E-state index in [-0.39, 0.29) is 5.91 Å². The van der Waals surface area contributed by atoms with Crippen LogP contribution in [0.25, 0.3) is 15.7 Å². The van der Waals surface area contributed by atoms with E-state index in [1.54, 1.807) is 0 Å². The monoisotopic (exact) mass is 596 g/mol. The number of unbranched alkanes of at least 4 members (excludes halogenated alkanes) is 1. The van der Waals surface area contributed by atoms with Crippen molar-refractivity contribution in [2.75, 3.05) is 52.7 Å². The smallest absolute Gasteiger partial charge is 0.407 e. The number of carbonyl (C=O) groups is 2. The molecule has 0 bridgehead atoms. The Morgan fingerprint density at radius 1 is 0.953 bits per heavy atom. The fraction of sp³-hybridized carbons (Fsp3) is 0.548. The van der Waals surface area contributed by atoms with E-state index in [2.05, 4.69) is 29.6 Å². The maximum Gasteiger partial charge on any atom is 0.407 e. The fourth-order valence-electron chi connectivity index (χ4n) is 4.18. The highest BCUT2D eigenvalue weighted by Crippen LogP contribution is 2.23. The number of imidazole rings is 1. The lowest BCUT2D eigenvalue weighted by Crippen LogP contribution is -2.34. The lowest BCUT2D eigenvalue weighted by atomic mass is 10.2. The number of ether oxygens (including phenoxy) is 4. The molecular weight excluding hydrogens is 552 g/mol. The highest BCUT2D eigenvalue weighted by atomic mass is 16.6. The summed E-state index contributed by atoms with van der Waals surface area (Å²) >= 11 is 0. The third-order valence-electron chi connectivity index (χ3n) is 6.20. The Hall–Kier alpha value is -3.92. The number of carbonyl (C=O) groups excluding carboxylic acids is 2. The van der Waals surface area contributed by atoms with Gasteiger partial charge in [0.15, 0.2) is 5.69 Å². The summed E-state index contributed by atoms with van der Waals surface area (Å²) < 4.78 is 25.6. The van der Waals surface area contributed by atoms with Crippen LogP contribution in [0.2, 0.25) is 0 Å². The molecule has 1 aromatic carbocycles. The SMILES string of the molecule is [C-]#[N+]c1ccc2ccn(Cc3cn(CCCCC(=O)NCCOCCOCCOCCNC(=O)OC(C)(C)C)cn3)c2c1. The van der Waals surface area contributed by atoms with E-state index < -0.39 is 11.7 Å². The minimum absolute atomic E-state index is 0.0164. The highest BCUT2D eigenvalue weighted by Gasteiger charge is 2.15. The van der Waals surface area contributed by atoms with Gasteiger partial charge in [-0.15, -0.1) is 0 Å². The van der Waals surface area contributed by atoms with Gasteiger partial charge in [0.2, 0.25) is 5.91 Å². The normalized spacial score (nSPS) is 11.4. The summed E-state index contributed by atoms with van der Waals surface area (Å²) in [5, 5.41) is 6.61. The molecule has 0 spiro atoms. The maximum absolute atomic E-state index is 12.1. The van der Waals surface area contributed by atoms with Gasteiger partial charge >= 0.3 is 6.09 Å². The van der Waals surface area contributed by atoms with Crippen LogP contribution in [0.1, 0.15) is 45.7 Å². The third kappa shape index (κ3) is 13.3. The number of hydrogen-bond acceptors (Lipinski definition) is 7. The van der Waals surface area contributed by atoms with Gasteiger partial charge in [0.1, 0.15) is 5.60 Å². The number of nitrogens with one attached hydrogen (secondary N) is 2. The summed E-state index contributed by atoms with van der Waals surface area (Å²) in [5.41, 5.74) is 2.08. The van der Waals surface area contributed by atoms with E-state index in [1.807, 2.05) is 63.8 Å². The van der Waals surface area contributed by atoms with Crippen LogP contribution in [0, 0.1) is 6.57 Å². The van der Waals surface area contributed by atoms with Crippen LogP contribution in [0.5, 0.6) is 0 Å². The van der Waals surface area contributed by atoms with Crippen LogP contribution in [-0.4, -0.2) is 84.5 Å². The summed E-state index contributed by atoms with van der Waals surface area (Å²) in [6.45, 7) is 17.5. The Bertz CT molecular complexity index is 1320. The predicted octanol–water partition coefficient (Wildman–Crippen LogP) is 4.30. The molecule has 0 unspecified atom stereocenters. The van der Waals surface area contributed by atoms with E-state index in [1.165, 1.54) is 0 Å². The van der Waals surface area contributed by atoms with Gasteiger partial charge in [-0.2, -0.15) is 0 Å². The largest absolute Gasteiger partial charge is 0.444 e. The Kier molecular flexibility index (Phi) is 14.0. The second kappa shape index (κ2) is 17.9. The van der Waals surface area contributed by atoms with Crippen LogP contribution < -0.4 is 10.6 Å². The standard InChI is InChI=1S/C31H44N6O6/c1-31(2,3)43-30(39)34-12-16-41-18-20-42-19-17-40-15-11-33-29(38)7-5-6-13-36-22-27(35-24-36)23-37-14-10-25-8-9-26(32-4)21-28(25)37/h8-10,14,21-22,24H,5-7,11-13,15-20,23H2,1-3H3,(H,33,38)(H,34,39). The van der Waals surface area contributed by atoms with Gasteiger partial charge in [0.05, 0.1) is 64.8 Å². The van der Waals surface area contributed by atoms with Crippen molar-refractivity contribution in [2.45, 2.75) is 58.7 Å². The summed E-state index contributed by atoms with van der Waals surface area (Å²) in [7, 11) is 0. The summed E-state index contributed by atoms with van der Waals surface area (Å²) in [6.07, 6.45) is 7.55. The molecule has 0 fully saturated rings.